The number of amides is 1. The van der Waals surface area contributed by atoms with Crippen molar-refractivity contribution in [2.75, 3.05) is 51.9 Å². The number of nitrogens with one attached hydrogen (secondary N) is 2. The van der Waals surface area contributed by atoms with Gasteiger partial charge in [0.2, 0.25) is 0 Å². The summed E-state index contributed by atoms with van der Waals surface area (Å²) in [5, 5.41) is 6.40. The Hall–Kier alpha value is -3.50. The van der Waals surface area contributed by atoms with Crippen LogP contribution in [0.3, 0.4) is 0 Å². The van der Waals surface area contributed by atoms with Crippen molar-refractivity contribution in [2.45, 2.75) is 52.0 Å². The van der Waals surface area contributed by atoms with Crippen LogP contribution in [-0.4, -0.2) is 85.6 Å². The summed E-state index contributed by atoms with van der Waals surface area (Å²) in [7, 11) is 6.81. The van der Waals surface area contributed by atoms with Crippen LogP contribution in [0.2, 0.25) is 5.02 Å². The summed E-state index contributed by atoms with van der Waals surface area (Å²) in [6.45, 7) is 6.82. The van der Waals surface area contributed by atoms with E-state index in [1.165, 1.54) is 49.9 Å². The second-order valence-electron chi connectivity index (χ2n) is 10.1. The Morgan fingerprint density at radius 2 is 1.83 bits per heavy atom. The van der Waals surface area contributed by atoms with Gasteiger partial charge in [-0.2, -0.15) is 0 Å². The highest BCUT2D eigenvalue weighted by Crippen LogP contribution is 2.28. The first-order chi connectivity index (χ1) is 19.7. The number of carbonyl (C=O) groups is 3. The Bertz CT molecular complexity index is 1240. The van der Waals surface area contributed by atoms with Crippen LogP contribution in [0.4, 0.5) is 11.5 Å². The summed E-state index contributed by atoms with van der Waals surface area (Å²) >= 11 is 5.58. The van der Waals surface area contributed by atoms with Crippen LogP contribution in [0.15, 0.2) is 35.0 Å². The molecule has 4 rings (SSSR count). The maximum atomic E-state index is 11.8. The van der Waals surface area contributed by atoms with Gasteiger partial charge in [0, 0.05) is 52.5 Å². The van der Waals surface area contributed by atoms with Gasteiger partial charge in [0.25, 0.3) is 5.91 Å². The Morgan fingerprint density at radius 1 is 1.12 bits per heavy atom. The molecule has 224 valence electrons. The highest BCUT2D eigenvalue weighted by Gasteiger charge is 2.20. The number of rotatable bonds is 10. The lowest BCUT2D eigenvalue weighted by Gasteiger charge is -2.26. The summed E-state index contributed by atoms with van der Waals surface area (Å²) in [5.74, 6) is 1.08. The molecule has 1 amide bonds. The van der Waals surface area contributed by atoms with Gasteiger partial charge >= 0.3 is 0 Å². The largest absolute Gasteiger partial charge is 0.449 e. The molecule has 0 aromatic carbocycles. The highest BCUT2D eigenvalue weighted by atomic mass is 35.5. The van der Waals surface area contributed by atoms with Crippen molar-refractivity contribution in [1.82, 2.24) is 19.8 Å². The van der Waals surface area contributed by atoms with E-state index in [0.29, 0.717) is 33.7 Å². The number of furan rings is 1. The second-order valence-corrected chi connectivity index (χ2v) is 10.5. The van der Waals surface area contributed by atoms with Gasteiger partial charge in [0.05, 0.1) is 10.6 Å². The number of likely N-dealkylation sites (tertiary alicyclic amines) is 1. The van der Waals surface area contributed by atoms with Crippen LogP contribution < -0.4 is 10.6 Å². The molecule has 0 bridgehead atoms. The van der Waals surface area contributed by atoms with Crippen LogP contribution in [0.5, 0.6) is 0 Å². The predicted molar refractivity (Wildman–Crippen MR) is 165 cm³/mol. The molecule has 1 unspecified atom stereocenters. The lowest BCUT2D eigenvalue weighted by Crippen LogP contribution is -2.32. The first kappa shape index (κ1) is 33.7. The van der Waals surface area contributed by atoms with E-state index in [0.717, 1.165) is 24.6 Å². The van der Waals surface area contributed by atoms with E-state index in [1.807, 2.05) is 20.0 Å². The van der Waals surface area contributed by atoms with Gasteiger partial charge in [-0.05, 0) is 63.4 Å². The summed E-state index contributed by atoms with van der Waals surface area (Å²) in [6, 6.07) is 5.92. The SMILES string of the molecule is CCC(CC[C@H](C)C=O)N1CCCC1.CNc1c(C=O)oc2cc(C(=O)N(C)C)cnc12.CNc1ccc(Cl)cn1. The molecule has 3 aromatic heterocycles. The number of aldehydes is 2. The number of pyridine rings is 2. The Kier molecular flexibility index (Phi) is 14.3. The van der Waals surface area contributed by atoms with Gasteiger partial charge in [-0.15, -0.1) is 0 Å². The van der Waals surface area contributed by atoms with Crippen LogP contribution in [0.1, 0.15) is 66.9 Å². The summed E-state index contributed by atoms with van der Waals surface area (Å²) in [4.78, 5) is 45.3. The van der Waals surface area contributed by atoms with E-state index in [1.54, 1.807) is 39.5 Å². The Balaban J connectivity index is 0.000000228. The molecule has 2 N–H and O–H groups in total. The molecule has 0 radical (unpaired) electrons. The number of hydrogen-bond donors (Lipinski definition) is 2. The van der Waals surface area contributed by atoms with Gasteiger partial charge in [-0.25, -0.2) is 9.97 Å². The first-order valence-corrected chi connectivity index (χ1v) is 14.3. The number of fused-ring (bicyclic) bond motifs is 1. The topological polar surface area (TPSA) is 121 Å². The summed E-state index contributed by atoms with van der Waals surface area (Å²) in [6.07, 6.45) is 11.0. The van der Waals surface area contributed by atoms with Crippen LogP contribution in [0.25, 0.3) is 11.1 Å². The standard InChI is InChI=1S/C12H13N3O3.C12H23NO.C6H7ClN2/c1-13-10-9(6-16)18-8-4-7(5-14-11(8)10)12(17)15(2)3;1-3-12(7-6-11(2)10-14)13-8-4-5-9-13;1-8-6-3-2-5(7)4-9-6/h4-6,13H,1-3H3;10-12H,3-9H2,1-2H3;2-4H,1H3,(H,8,9)/t;11-,12?;/m.0./s1. The zero-order chi connectivity index (χ0) is 30.4. The molecule has 0 aliphatic carbocycles. The van der Waals surface area contributed by atoms with Crippen molar-refractivity contribution in [3.05, 3.63) is 46.9 Å². The second kappa shape index (κ2) is 17.3. The van der Waals surface area contributed by atoms with Crippen molar-refractivity contribution >= 4 is 52.7 Å². The van der Waals surface area contributed by atoms with E-state index in [2.05, 4.69) is 32.4 Å². The molecule has 41 heavy (non-hydrogen) atoms. The van der Waals surface area contributed by atoms with Crippen LogP contribution in [0, 0.1) is 5.92 Å². The van der Waals surface area contributed by atoms with Crippen molar-refractivity contribution < 1.29 is 18.8 Å². The average molecular weight is 587 g/mol. The molecule has 4 heterocycles. The molecule has 1 aliphatic rings. The molecule has 11 heteroatoms. The van der Waals surface area contributed by atoms with Crippen molar-refractivity contribution in [2.24, 2.45) is 5.92 Å². The quantitative estimate of drug-likeness (QED) is 0.291. The van der Waals surface area contributed by atoms with E-state index in [4.69, 9.17) is 16.0 Å². The molecule has 1 aliphatic heterocycles. The number of carbonyl (C=O) groups excluding carboxylic acids is 3. The highest BCUT2D eigenvalue weighted by molar-refractivity contribution is 6.30. The number of anilines is 2. The number of aromatic nitrogens is 2. The Morgan fingerprint density at radius 3 is 2.34 bits per heavy atom. The monoisotopic (exact) mass is 586 g/mol. The molecule has 0 spiro atoms. The Labute approximate surface area is 247 Å². The normalized spacial score (nSPS) is 14.1. The van der Waals surface area contributed by atoms with Crippen LogP contribution in [-0.2, 0) is 4.79 Å². The van der Waals surface area contributed by atoms with Gasteiger partial charge < -0.3 is 29.6 Å². The van der Waals surface area contributed by atoms with E-state index in [9.17, 15) is 14.4 Å². The summed E-state index contributed by atoms with van der Waals surface area (Å²) in [5.41, 5.74) is 1.90. The van der Waals surface area contributed by atoms with E-state index >= 15 is 0 Å². The molecule has 0 saturated carbocycles. The fourth-order valence-electron chi connectivity index (χ4n) is 4.49. The van der Waals surface area contributed by atoms with Gasteiger partial charge in [0.15, 0.2) is 17.6 Å². The van der Waals surface area contributed by atoms with Crippen molar-refractivity contribution in [3.63, 3.8) is 0 Å². The van der Waals surface area contributed by atoms with E-state index in [-0.39, 0.29) is 17.6 Å². The zero-order valence-corrected chi connectivity index (χ0v) is 25.7. The minimum absolute atomic E-state index is 0.167. The molecule has 2 atom stereocenters. The number of hydrogen-bond acceptors (Lipinski definition) is 9. The molecule has 10 nitrogen and oxygen atoms in total. The third-order valence-corrected chi connectivity index (χ3v) is 7.09. The lowest BCUT2D eigenvalue weighted by molar-refractivity contribution is -0.110. The predicted octanol–water partition coefficient (Wildman–Crippen LogP) is 5.64. The number of nitrogens with zero attached hydrogens (tertiary/aromatic N) is 4. The fourth-order valence-corrected chi connectivity index (χ4v) is 4.61. The zero-order valence-electron chi connectivity index (χ0n) is 24.9. The number of halogens is 1. The minimum Gasteiger partial charge on any atom is -0.449 e. The van der Waals surface area contributed by atoms with Crippen molar-refractivity contribution in [1.29, 1.82) is 0 Å². The molecular formula is C30H43ClN6O4. The van der Waals surface area contributed by atoms with Crippen molar-refractivity contribution in [3.8, 4) is 0 Å². The molecule has 1 fully saturated rings. The molecule has 3 aromatic rings. The fraction of sp³-hybridized carbons (Fsp3) is 0.500. The lowest BCUT2D eigenvalue weighted by atomic mass is 10.0. The molecule has 1 saturated heterocycles. The smallest absolute Gasteiger partial charge is 0.255 e. The van der Waals surface area contributed by atoms with Crippen LogP contribution >= 0.6 is 11.6 Å². The van der Waals surface area contributed by atoms with Gasteiger partial charge in [0.1, 0.15) is 23.3 Å². The van der Waals surface area contributed by atoms with E-state index < -0.39 is 0 Å². The van der Waals surface area contributed by atoms with Gasteiger partial charge in [-0.3, -0.25) is 9.59 Å². The third kappa shape index (κ3) is 10.1. The van der Waals surface area contributed by atoms with Gasteiger partial charge in [-0.1, -0.05) is 25.4 Å². The minimum atomic E-state index is -0.167. The molecular weight excluding hydrogens is 544 g/mol. The maximum absolute atomic E-state index is 11.8. The first-order valence-electron chi connectivity index (χ1n) is 13.9. The maximum Gasteiger partial charge on any atom is 0.255 e. The average Bonchev–Trinajstić information content (AvgIpc) is 3.65. The third-order valence-electron chi connectivity index (χ3n) is 6.87. The summed E-state index contributed by atoms with van der Waals surface area (Å²) < 4.78 is 5.35.